The fourth-order valence-corrected chi connectivity index (χ4v) is 6.05. The van der Waals surface area contributed by atoms with E-state index in [-0.39, 0.29) is 39.9 Å². The van der Waals surface area contributed by atoms with E-state index in [4.69, 9.17) is 32.8 Å². The van der Waals surface area contributed by atoms with Crippen LogP contribution in [0.15, 0.2) is 69.9 Å². The minimum atomic E-state index is -1.90. The molecule has 55 heavy (non-hydrogen) atoms. The highest BCUT2D eigenvalue weighted by molar-refractivity contribution is 5.88. The van der Waals surface area contributed by atoms with Crippen molar-refractivity contribution in [1.82, 2.24) is 0 Å². The Balaban J connectivity index is 1.18. The molecule has 10 N–H and O–H groups in total. The van der Waals surface area contributed by atoms with Gasteiger partial charge in [0.15, 0.2) is 40.8 Å². The number of methoxy groups -OCH3 is 1. The first kappa shape index (κ1) is 39.3. The summed E-state index contributed by atoms with van der Waals surface area (Å²) >= 11 is 0. The number of ether oxygens (including phenoxy) is 6. The van der Waals surface area contributed by atoms with Gasteiger partial charge in [-0.3, -0.25) is 4.79 Å². The van der Waals surface area contributed by atoms with Gasteiger partial charge in [-0.2, -0.15) is 0 Å². The van der Waals surface area contributed by atoms with Crippen LogP contribution in [-0.4, -0.2) is 132 Å². The van der Waals surface area contributed by atoms with Gasteiger partial charge in [0.05, 0.1) is 25.4 Å². The van der Waals surface area contributed by atoms with Crippen molar-refractivity contribution in [2.45, 2.75) is 68.3 Å². The van der Waals surface area contributed by atoms with Crippen LogP contribution in [0.1, 0.15) is 12.5 Å². The number of aliphatic hydroxyl groups excluding tert-OH is 5. The van der Waals surface area contributed by atoms with Crippen LogP contribution in [0, 0.1) is 0 Å². The topological polar surface area (TPSA) is 289 Å². The summed E-state index contributed by atoms with van der Waals surface area (Å²) in [6.07, 6.45) is -13.3. The Morgan fingerprint density at radius 3 is 2.24 bits per heavy atom. The van der Waals surface area contributed by atoms with E-state index in [2.05, 4.69) is 0 Å². The number of rotatable bonds is 10. The van der Waals surface area contributed by atoms with Gasteiger partial charge in [0.1, 0.15) is 53.9 Å². The van der Waals surface area contributed by atoms with Crippen molar-refractivity contribution in [3.8, 4) is 57.1 Å². The van der Waals surface area contributed by atoms with E-state index in [0.717, 1.165) is 18.2 Å². The van der Waals surface area contributed by atoms with Crippen LogP contribution in [0.2, 0.25) is 0 Å². The number of hydrogen-bond acceptors (Lipinski definition) is 17. The second-order valence-corrected chi connectivity index (χ2v) is 12.8. The Hall–Kier alpha value is -5.44. The summed E-state index contributed by atoms with van der Waals surface area (Å²) in [5.74, 6) is -3.03. The molecule has 6 rings (SSSR count). The van der Waals surface area contributed by atoms with Crippen LogP contribution in [0.4, 0.5) is 0 Å². The lowest BCUT2D eigenvalue weighted by Crippen LogP contribution is -2.62. The number of hydrogen-bond donors (Lipinski definition) is 9. The van der Waals surface area contributed by atoms with E-state index in [1.165, 1.54) is 50.5 Å². The van der Waals surface area contributed by atoms with Crippen LogP contribution in [0.25, 0.3) is 28.7 Å². The van der Waals surface area contributed by atoms with Crippen molar-refractivity contribution >= 4 is 12.0 Å². The second-order valence-electron chi connectivity index (χ2n) is 12.8. The van der Waals surface area contributed by atoms with Crippen molar-refractivity contribution in [2.24, 2.45) is 0 Å². The fraction of sp³-hybridized carbons (Fsp3) is 0.351. The standard InChI is InChI=1S/C37H38O18/c1-15-34(55-27(42)8-5-16-3-6-18(38)7-4-16)31(46)33(48)36(51-15)50-14-26-29(44)30(45)32(47)37(54-26)53-25-13-20-21(40)11-19(39)12-23(20)52-35(25)17-9-22(41)28(43)24(10-17)49-2/h3-13,15,26,29-34,36-38,40-41,43-48H,14H2,1-2H3/p+1. The number of aromatic hydroxyl groups is 4. The minimum Gasteiger partial charge on any atom is -0.508 e. The number of benzene rings is 3. The smallest absolute Gasteiger partial charge is 0.508 e. The maximum atomic E-state index is 12.1. The Morgan fingerprint density at radius 2 is 1.53 bits per heavy atom. The van der Waals surface area contributed by atoms with Gasteiger partial charge < -0.3 is 83.6 Å². The number of carbonyl (C=O) groups excluding carboxylic acids is 1. The van der Waals surface area contributed by atoms with Gasteiger partial charge in [-0.25, -0.2) is 0 Å². The third kappa shape index (κ3) is 8.31. The molecule has 0 radical (unpaired) electrons. The van der Waals surface area contributed by atoms with E-state index >= 15 is 0 Å². The molecule has 18 heteroatoms. The Morgan fingerprint density at radius 1 is 0.818 bits per heavy atom. The lowest BCUT2D eigenvalue weighted by molar-refractivity contribution is -0.317. The highest BCUT2D eigenvalue weighted by Crippen LogP contribution is 2.46. The fourth-order valence-electron chi connectivity index (χ4n) is 6.05. The molecule has 0 aromatic heterocycles. The van der Waals surface area contributed by atoms with Crippen LogP contribution >= 0.6 is 0 Å². The Labute approximate surface area is 311 Å². The highest BCUT2D eigenvalue weighted by Gasteiger charge is 2.50. The molecule has 0 spiro atoms. The minimum absolute atomic E-state index is 0.0169. The maximum absolute atomic E-state index is 12.1. The van der Waals surface area contributed by atoms with Gasteiger partial charge in [0, 0.05) is 17.7 Å². The predicted octanol–water partition coefficient (Wildman–Crippen LogP) is 0.513. The van der Waals surface area contributed by atoms with Crippen molar-refractivity contribution in [1.29, 1.82) is 0 Å². The number of phenols is 4. The van der Waals surface area contributed by atoms with Crippen LogP contribution < -0.4 is 14.9 Å². The summed E-state index contributed by atoms with van der Waals surface area (Å²) in [4.78, 5) is 22.5. The van der Waals surface area contributed by atoms with Gasteiger partial charge in [0.2, 0.25) is 18.1 Å². The summed E-state index contributed by atoms with van der Waals surface area (Å²) in [6.45, 7) is 0.879. The first-order chi connectivity index (χ1) is 26.1. The summed E-state index contributed by atoms with van der Waals surface area (Å²) in [5, 5.41) is 94.6. The molecule has 1 aliphatic carbocycles. The second kappa shape index (κ2) is 16.1. The molecule has 2 aromatic carbocycles. The van der Waals surface area contributed by atoms with Gasteiger partial charge >= 0.3 is 5.97 Å². The molecule has 0 bridgehead atoms. The number of phenolic OH excluding ortho intramolecular Hbond substituents is 4. The molecule has 10 atom stereocenters. The molecule has 10 unspecified atom stereocenters. The quantitative estimate of drug-likeness (QED) is 0.0459. The van der Waals surface area contributed by atoms with Gasteiger partial charge in [-0.05, 0) is 48.9 Å². The molecule has 2 fully saturated rings. The third-order valence-corrected chi connectivity index (χ3v) is 9.02. The molecule has 4 aliphatic rings. The normalized spacial score (nSPS) is 28.3. The third-order valence-electron chi connectivity index (χ3n) is 9.02. The van der Waals surface area contributed by atoms with Gasteiger partial charge in [0.25, 0.3) is 0 Å². The molecular formula is C37H39O18+. The number of aliphatic hydroxyl groups is 5. The van der Waals surface area contributed by atoms with Crippen LogP contribution in [-0.2, 0) is 18.9 Å². The lowest BCUT2D eigenvalue weighted by atomic mass is 9.98. The zero-order valence-corrected chi connectivity index (χ0v) is 29.1. The molecule has 0 amide bonds. The number of fused-ring (bicyclic) bond motifs is 1. The first-order valence-corrected chi connectivity index (χ1v) is 16.8. The van der Waals surface area contributed by atoms with E-state index in [1.807, 2.05) is 0 Å². The average Bonchev–Trinajstić information content (AvgIpc) is 3.15. The molecule has 2 saturated heterocycles. The zero-order chi connectivity index (χ0) is 39.7. The summed E-state index contributed by atoms with van der Waals surface area (Å²) in [5.41, 5.74) is 0.0368. The largest absolute Gasteiger partial charge is 0.510 e. The summed E-state index contributed by atoms with van der Waals surface area (Å²) < 4.78 is 39.5. The highest BCUT2D eigenvalue weighted by atomic mass is 16.7. The molecule has 18 nitrogen and oxygen atoms in total. The van der Waals surface area contributed by atoms with E-state index in [0.29, 0.717) is 5.56 Å². The molecule has 3 heterocycles. The van der Waals surface area contributed by atoms with E-state index < -0.39 is 96.7 Å². The monoisotopic (exact) mass is 771 g/mol. The lowest BCUT2D eigenvalue weighted by Gasteiger charge is -2.42. The van der Waals surface area contributed by atoms with Crippen molar-refractivity contribution < 1.29 is 83.6 Å². The number of esters is 1. The first-order valence-electron chi connectivity index (χ1n) is 16.8. The summed E-state index contributed by atoms with van der Waals surface area (Å²) in [6, 6.07) is 11.6. The van der Waals surface area contributed by atoms with Crippen molar-refractivity contribution in [3.05, 3.63) is 76.5 Å². The molecule has 3 aliphatic heterocycles. The molecular weight excluding hydrogens is 732 g/mol. The average molecular weight is 772 g/mol. The van der Waals surface area contributed by atoms with Gasteiger partial charge in [-0.1, -0.05) is 12.1 Å². The molecule has 2 aromatic rings. The zero-order valence-electron chi connectivity index (χ0n) is 29.1. The molecule has 0 saturated carbocycles. The summed E-state index contributed by atoms with van der Waals surface area (Å²) in [7, 11) is 1.23. The van der Waals surface area contributed by atoms with Gasteiger partial charge in [-0.15, -0.1) is 0 Å². The molecule has 294 valence electrons. The van der Waals surface area contributed by atoms with Crippen molar-refractivity contribution in [2.75, 3.05) is 13.7 Å². The maximum Gasteiger partial charge on any atom is 0.510 e. The van der Waals surface area contributed by atoms with E-state index in [1.54, 1.807) is 12.1 Å². The van der Waals surface area contributed by atoms with Crippen LogP contribution in [0.5, 0.6) is 34.5 Å². The Kier molecular flexibility index (Phi) is 11.5. The Bertz CT molecular complexity index is 2040. The predicted molar refractivity (Wildman–Crippen MR) is 187 cm³/mol. The van der Waals surface area contributed by atoms with E-state index in [9.17, 15) is 55.5 Å². The SMILES string of the molecule is COc1cc(-c2oc3cc(=O)cc(O)c-3cc2OC2OC(COC3OC(C)C(OC(=[OH+])C=Cc4ccc(O)cc4)C(O)C3O)C(O)C(O)C2O)cc(O)c1O. The van der Waals surface area contributed by atoms with Crippen molar-refractivity contribution in [3.63, 3.8) is 0 Å². The van der Waals surface area contributed by atoms with Crippen LogP contribution in [0.3, 0.4) is 0 Å².